The fraction of sp³-hybridized carbons (Fsp3) is 0.278. The number of methoxy groups -OCH3 is 1. The number of nitro groups is 1. The first-order valence-corrected chi connectivity index (χ1v) is 7.99. The van der Waals surface area contributed by atoms with Gasteiger partial charge in [0.15, 0.2) is 11.5 Å². The normalized spacial score (nSPS) is 12.4. The van der Waals surface area contributed by atoms with Crippen LogP contribution in [0.1, 0.15) is 11.1 Å². The minimum absolute atomic E-state index is 0.0243. The van der Waals surface area contributed by atoms with Gasteiger partial charge in [-0.1, -0.05) is 17.7 Å². The highest BCUT2D eigenvalue weighted by Gasteiger charge is 2.23. The minimum atomic E-state index is -0.568. The molecule has 2 aromatic rings. The van der Waals surface area contributed by atoms with Crippen LogP contribution in [0.5, 0.6) is 17.2 Å². The first kappa shape index (κ1) is 17.5. The van der Waals surface area contributed by atoms with Crippen LogP contribution in [0.2, 0.25) is 0 Å². The molecule has 0 aromatic heterocycles. The van der Waals surface area contributed by atoms with Gasteiger partial charge in [0, 0.05) is 11.6 Å². The van der Waals surface area contributed by atoms with Crippen molar-refractivity contribution in [3.63, 3.8) is 0 Å². The zero-order valence-electron chi connectivity index (χ0n) is 14.4. The summed E-state index contributed by atoms with van der Waals surface area (Å²) in [4.78, 5) is 23.2. The van der Waals surface area contributed by atoms with E-state index >= 15 is 0 Å². The third kappa shape index (κ3) is 3.69. The highest BCUT2D eigenvalue weighted by atomic mass is 16.6. The van der Waals surface area contributed by atoms with Crippen molar-refractivity contribution in [3.05, 3.63) is 51.6 Å². The number of fused-ring (bicyclic) bond motifs is 1. The summed E-state index contributed by atoms with van der Waals surface area (Å²) in [5.41, 5.74) is 1.50. The topological polar surface area (TPSA) is 99.9 Å². The van der Waals surface area contributed by atoms with Crippen molar-refractivity contribution in [2.45, 2.75) is 13.3 Å². The third-order valence-electron chi connectivity index (χ3n) is 3.92. The molecule has 0 atom stereocenters. The Labute approximate surface area is 149 Å². The van der Waals surface area contributed by atoms with Crippen LogP contribution in [0.3, 0.4) is 0 Å². The van der Waals surface area contributed by atoms with Gasteiger partial charge >= 0.3 is 0 Å². The Morgan fingerprint density at radius 1 is 1.23 bits per heavy atom. The number of hydrogen-bond donors (Lipinski definition) is 1. The Bertz CT molecular complexity index is 865. The summed E-state index contributed by atoms with van der Waals surface area (Å²) < 4.78 is 16.0. The average molecular weight is 358 g/mol. The lowest BCUT2D eigenvalue weighted by molar-refractivity contribution is -0.384. The minimum Gasteiger partial charge on any atom is -0.496 e. The van der Waals surface area contributed by atoms with Crippen molar-refractivity contribution in [2.24, 2.45) is 0 Å². The van der Waals surface area contributed by atoms with Crippen LogP contribution in [-0.2, 0) is 11.2 Å². The number of anilines is 1. The quantitative estimate of drug-likeness (QED) is 0.652. The van der Waals surface area contributed by atoms with Crippen LogP contribution in [0.25, 0.3) is 0 Å². The number of carbonyl (C=O) groups is 1. The second kappa shape index (κ2) is 7.30. The van der Waals surface area contributed by atoms with Gasteiger partial charge in [-0.2, -0.15) is 0 Å². The molecule has 0 radical (unpaired) electrons. The van der Waals surface area contributed by atoms with E-state index in [0.29, 0.717) is 36.0 Å². The van der Waals surface area contributed by atoms with Gasteiger partial charge in [0.1, 0.15) is 24.7 Å². The Morgan fingerprint density at radius 3 is 2.58 bits per heavy atom. The van der Waals surface area contributed by atoms with Gasteiger partial charge in [-0.3, -0.25) is 14.9 Å². The number of aryl methyl sites for hydroxylation is 1. The SMILES string of the molecule is COc1ccc(C)cc1CC(=O)Nc1cc2c(cc1[N+](=O)[O-])OCCO2. The second-order valence-corrected chi connectivity index (χ2v) is 5.81. The van der Waals surface area contributed by atoms with Crippen LogP contribution in [0.15, 0.2) is 30.3 Å². The van der Waals surface area contributed by atoms with E-state index in [2.05, 4.69) is 5.32 Å². The Kier molecular flexibility index (Phi) is 4.92. The Balaban J connectivity index is 1.85. The summed E-state index contributed by atoms with van der Waals surface area (Å²) in [6.45, 7) is 2.58. The molecule has 0 aliphatic carbocycles. The Morgan fingerprint density at radius 2 is 1.92 bits per heavy atom. The monoisotopic (exact) mass is 358 g/mol. The van der Waals surface area contributed by atoms with Gasteiger partial charge in [0.05, 0.1) is 24.5 Å². The fourth-order valence-corrected chi connectivity index (χ4v) is 2.74. The smallest absolute Gasteiger partial charge is 0.296 e. The molecular weight excluding hydrogens is 340 g/mol. The molecular formula is C18H18N2O6. The maximum Gasteiger partial charge on any atom is 0.296 e. The van der Waals surface area contributed by atoms with Gasteiger partial charge in [0.25, 0.3) is 5.69 Å². The number of nitrogens with one attached hydrogen (secondary N) is 1. The van der Waals surface area contributed by atoms with Crippen LogP contribution in [-0.4, -0.2) is 31.2 Å². The molecule has 2 aromatic carbocycles. The molecule has 3 rings (SSSR count). The Hall–Kier alpha value is -3.29. The first-order valence-electron chi connectivity index (χ1n) is 7.99. The summed E-state index contributed by atoms with van der Waals surface area (Å²) in [5, 5.41) is 13.9. The maximum atomic E-state index is 12.4. The highest BCUT2D eigenvalue weighted by molar-refractivity contribution is 5.95. The summed E-state index contributed by atoms with van der Waals surface area (Å²) in [6, 6.07) is 8.18. The van der Waals surface area contributed by atoms with E-state index in [1.165, 1.54) is 19.2 Å². The molecule has 0 fully saturated rings. The van der Waals surface area contributed by atoms with Crippen LogP contribution < -0.4 is 19.5 Å². The van der Waals surface area contributed by atoms with Gasteiger partial charge in [0.2, 0.25) is 5.91 Å². The molecule has 0 bridgehead atoms. The van der Waals surface area contributed by atoms with Crippen LogP contribution in [0.4, 0.5) is 11.4 Å². The average Bonchev–Trinajstić information content (AvgIpc) is 2.61. The number of nitro benzene ring substituents is 1. The third-order valence-corrected chi connectivity index (χ3v) is 3.92. The van der Waals surface area contributed by atoms with Gasteiger partial charge < -0.3 is 19.5 Å². The van der Waals surface area contributed by atoms with E-state index in [0.717, 1.165) is 5.56 Å². The number of carbonyl (C=O) groups excluding carboxylic acids is 1. The molecule has 1 aliphatic heterocycles. The van der Waals surface area contributed by atoms with Gasteiger partial charge in [-0.05, 0) is 13.0 Å². The molecule has 26 heavy (non-hydrogen) atoms. The lowest BCUT2D eigenvalue weighted by Gasteiger charge is -2.19. The van der Waals surface area contributed by atoms with Gasteiger partial charge in [-0.15, -0.1) is 0 Å². The van der Waals surface area contributed by atoms with Gasteiger partial charge in [-0.25, -0.2) is 0 Å². The number of nitrogens with zero attached hydrogens (tertiary/aromatic N) is 1. The molecule has 1 heterocycles. The molecule has 0 saturated heterocycles. The largest absolute Gasteiger partial charge is 0.496 e. The number of rotatable bonds is 5. The van der Waals surface area contributed by atoms with E-state index in [1.54, 1.807) is 6.07 Å². The summed E-state index contributed by atoms with van der Waals surface area (Å²) in [7, 11) is 1.53. The molecule has 1 N–H and O–H groups in total. The fourth-order valence-electron chi connectivity index (χ4n) is 2.74. The lowest BCUT2D eigenvalue weighted by Crippen LogP contribution is -2.18. The standard InChI is InChI=1S/C18H18N2O6/c1-11-3-4-15(24-2)12(7-11)8-18(21)19-13-9-16-17(26-6-5-25-16)10-14(13)20(22)23/h3-4,7,9-10H,5-6,8H2,1-2H3,(H,19,21). The predicted molar refractivity (Wildman–Crippen MR) is 94.2 cm³/mol. The van der Waals surface area contributed by atoms with E-state index in [9.17, 15) is 14.9 Å². The summed E-state index contributed by atoms with van der Waals surface area (Å²) in [5.74, 6) is 0.850. The zero-order valence-corrected chi connectivity index (χ0v) is 14.4. The van der Waals surface area contributed by atoms with Crippen molar-refractivity contribution < 1.29 is 23.9 Å². The first-order chi connectivity index (χ1) is 12.5. The zero-order chi connectivity index (χ0) is 18.7. The molecule has 136 valence electrons. The van der Waals surface area contributed by atoms with Crippen molar-refractivity contribution in [1.29, 1.82) is 0 Å². The lowest BCUT2D eigenvalue weighted by atomic mass is 10.1. The van der Waals surface area contributed by atoms with Crippen molar-refractivity contribution in [1.82, 2.24) is 0 Å². The number of ether oxygens (including phenoxy) is 3. The van der Waals surface area contributed by atoms with Crippen LogP contribution >= 0.6 is 0 Å². The number of benzene rings is 2. The van der Waals surface area contributed by atoms with E-state index < -0.39 is 10.8 Å². The van der Waals surface area contributed by atoms with Crippen LogP contribution in [0, 0.1) is 17.0 Å². The molecule has 0 unspecified atom stereocenters. The summed E-state index contributed by atoms with van der Waals surface area (Å²) in [6.07, 6.45) is 0.0243. The second-order valence-electron chi connectivity index (χ2n) is 5.81. The molecule has 0 saturated carbocycles. The summed E-state index contributed by atoms with van der Waals surface area (Å²) >= 11 is 0. The van der Waals surface area contributed by atoms with E-state index in [-0.39, 0.29) is 17.8 Å². The molecule has 0 spiro atoms. The molecule has 1 aliphatic rings. The maximum absolute atomic E-state index is 12.4. The van der Waals surface area contributed by atoms with Crippen molar-refractivity contribution in [2.75, 3.05) is 25.6 Å². The van der Waals surface area contributed by atoms with E-state index in [4.69, 9.17) is 14.2 Å². The number of amides is 1. The number of hydrogen-bond acceptors (Lipinski definition) is 6. The van der Waals surface area contributed by atoms with Crippen molar-refractivity contribution >= 4 is 17.3 Å². The molecule has 1 amide bonds. The van der Waals surface area contributed by atoms with E-state index in [1.807, 2.05) is 19.1 Å². The van der Waals surface area contributed by atoms with Crippen molar-refractivity contribution in [3.8, 4) is 17.2 Å². The predicted octanol–water partition coefficient (Wildman–Crippen LogP) is 2.86. The molecule has 8 heteroatoms. The highest BCUT2D eigenvalue weighted by Crippen LogP contribution is 2.39. The molecule has 8 nitrogen and oxygen atoms in total.